The third-order valence-electron chi connectivity index (χ3n) is 4.32. The first-order chi connectivity index (χ1) is 12.8. The molecule has 8 heteroatoms. The fourth-order valence-corrected chi connectivity index (χ4v) is 3.65. The Kier molecular flexibility index (Phi) is 5.57. The Morgan fingerprint density at radius 1 is 1.04 bits per heavy atom. The first kappa shape index (κ1) is 19.1. The summed E-state index contributed by atoms with van der Waals surface area (Å²) in [4.78, 5) is 23.2. The third kappa shape index (κ3) is 5.15. The summed E-state index contributed by atoms with van der Waals surface area (Å²) >= 11 is 0. The molecular formula is C19H20N2O5S. The van der Waals surface area contributed by atoms with E-state index in [2.05, 4.69) is 10.0 Å². The zero-order chi connectivity index (χ0) is 19.4. The lowest BCUT2D eigenvalue weighted by Crippen LogP contribution is -2.27. The van der Waals surface area contributed by atoms with Gasteiger partial charge in [0.25, 0.3) is 5.91 Å². The molecule has 0 aliphatic heterocycles. The number of aromatic carboxylic acids is 1. The maximum atomic E-state index is 12.3. The molecule has 1 saturated carbocycles. The highest BCUT2D eigenvalue weighted by Gasteiger charge is 2.24. The molecule has 1 fully saturated rings. The molecule has 7 nitrogen and oxygen atoms in total. The van der Waals surface area contributed by atoms with Crippen molar-refractivity contribution in [2.75, 3.05) is 6.54 Å². The van der Waals surface area contributed by atoms with Crippen LogP contribution in [0.4, 0.5) is 0 Å². The average molecular weight is 388 g/mol. The number of carbonyl (C=O) groups excluding carboxylic acids is 1. The predicted molar refractivity (Wildman–Crippen MR) is 98.9 cm³/mol. The third-order valence-corrected chi connectivity index (χ3v) is 5.74. The summed E-state index contributed by atoms with van der Waals surface area (Å²) in [6, 6.07) is 12.0. The van der Waals surface area contributed by atoms with Crippen molar-refractivity contribution in [1.29, 1.82) is 0 Å². The summed E-state index contributed by atoms with van der Waals surface area (Å²) in [5.74, 6) is -1.01. The largest absolute Gasteiger partial charge is 0.478 e. The standard InChI is InChI=1S/C19H20N2O5S/c22-18(20-11-13-6-8-15(9-7-13)19(23)24)16-2-1-3-17(10-16)27(25,26)21-12-14-4-5-14/h1-3,6-10,14,21H,4-5,11-12H2,(H,20,22)(H,23,24). The van der Waals surface area contributed by atoms with Crippen LogP contribution in [-0.2, 0) is 16.6 Å². The number of carboxylic acid groups (broad SMARTS) is 1. The molecule has 1 aliphatic carbocycles. The molecule has 0 radical (unpaired) electrons. The lowest BCUT2D eigenvalue weighted by molar-refractivity contribution is 0.0696. The molecule has 0 bridgehead atoms. The van der Waals surface area contributed by atoms with Gasteiger partial charge in [0, 0.05) is 18.7 Å². The van der Waals surface area contributed by atoms with Crippen molar-refractivity contribution >= 4 is 21.9 Å². The number of carbonyl (C=O) groups is 2. The van der Waals surface area contributed by atoms with Gasteiger partial charge in [0.15, 0.2) is 0 Å². The van der Waals surface area contributed by atoms with Crippen LogP contribution >= 0.6 is 0 Å². The maximum absolute atomic E-state index is 12.3. The van der Waals surface area contributed by atoms with Crippen molar-refractivity contribution in [3.8, 4) is 0 Å². The van der Waals surface area contributed by atoms with Gasteiger partial charge < -0.3 is 10.4 Å². The van der Waals surface area contributed by atoms with Crippen molar-refractivity contribution in [2.24, 2.45) is 5.92 Å². The molecule has 2 aromatic rings. The quantitative estimate of drug-likeness (QED) is 0.640. The Balaban J connectivity index is 1.63. The first-order valence-corrected chi connectivity index (χ1v) is 10.0. The molecule has 3 N–H and O–H groups in total. The number of benzene rings is 2. The maximum Gasteiger partial charge on any atom is 0.335 e. The van der Waals surface area contributed by atoms with Crippen LogP contribution in [0.1, 0.15) is 39.1 Å². The van der Waals surface area contributed by atoms with Crippen LogP contribution in [0.3, 0.4) is 0 Å². The van der Waals surface area contributed by atoms with Crippen LogP contribution in [0, 0.1) is 5.92 Å². The summed E-state index contributed by atoms with van der Waals surface area (Å²) in [6.45, 7) is 0.626. The van der Waals surface area contributed by atoms with Crippen LogP contribution < -0.4 is 10.0 Å². The molecule has 0 saturated heterocycles. The highest BCUT2D eigenvalue weighted by Crippen LogP contribution is 2.28. The molecule has 3 rings (SSSR count). The lowest BCUT2D eigenvalue weighted by Gasteiger charge is -2.09. The Labute approximate surface area is 157 Å². The molecular weight excluding hydrogens is 368 g/mol. The van der Waals surface area contributed by atoms with Gasteiger partial charge >= 0.3 is 5.97 Å². The number of sulfonamides is 1. The van der Waals surface area contributed by atoms with E-state index < -0.39 is 21.9 Å². The monoisotopic (exact) mass is 388 g/mol. The smallest absolute Gasteiger partial charge is 0.335 e. The van der Waals surface area contributed by atoms with Crippen molar-refractivity contribution in [3.05, 3.63) is 65.2 Å². The summed E-state index contributed by atoms with van der Waals surface area (Å²) in [6.07, 6.45) is 2.08. The zero-order valence-corrected chi connectivity index (χ0v) is 15.3. The number of carboxylic acids is 1. The Hall–Kier alpha value is -2.71. The second-order valence-corrected chi connectivity index (χ2v) is 8.27. The van der Waals surface area contributed by atoms with E-state index in [0.717, 1.165) is 18.4 Å². The van der Waals surface area contributed by atoms with Crippen LogP contribution in [0.5, 0.6) is 0 Å². The fraction of sp³-hybridized carbons (Fsp3) is 0.263. The van der Waals surface area contributed by atoms with Gasteiger partial charge in [0.2, 0.25) is 10.0 Å². The van der Waals surface area contributed by atoms with Crippen LogP contribution in [0.25, 0.3) is 0 Å². The van der Waals surface area contributed by atoms with E-state index in [1.54, 1.807) is 18.2 Å². The van der Waals surface area contributed by atoms with E-state index in [4.69, 9.17) is 5.11 Å². The van der Waals surface area contributed by atoms with E-state index in [-0.39, 0.29) is 22.6 Å². The Bertz CT molecular complexity index is 950. The van der Waals surface area contributed by atoms with Gasteiger partial charge in [-0.2, -0.15) is 0 Å². The van der Waals surface area contributed by atoms with Gasteiger partial charge in [-0.1, -0.05) is 18.2 Å². The SMILES string of the molecule is O=C(O)c1ccc(CNC(=O)c2cccc(S(=O)(=O)NCC3CC3)c2)cc1. The summed E-state index contributed by atoms with van der Waals surface area (Å²) < 4.78 is 27.2. The van der Waals surface area contributed by atoms with Crippen LogP contribution in [0.2, 0.25) is 0 Å². The predicted octanol–water partition coefficient (Wildman–Crippen LogP) is 2.00. The normalized spacial score (nSPS) is 13.9. The van der Waals surface area contributed by atoms with Gasteiger partial charge in [-0.05, 0) is 54.7 Å². The van der Waals surface area contributed by atoms with Crippen molar-refractivity contribution in [2.45, 2.75) is 24.3 Å². The summed E-state index contributed by atoms with van der Waals surface area (Å²) in [5.41, 5.74) is 1.15. The summed E-state index contributed by atoms with van der Waals surface area (Å²) in [7, 11) is -3.64. The molecule has 1 amide bonds. The molecule has 0 unspecified atom stereocenters. The van der Waals surface area contributed by atoms with Gasteiger partial charge in [0.1, 0.15) is 0 Å². The molecule has 0 aromatic heterocycles. The molecule has 1 aliphatic rings. The fourth-order valence-electron chi connectivity index (χ4n) is 2.49. The highest BCUT2D eigenvalue weighted by atomic mass is 32.2. The van der Waals surface area contributed by atoms with E-state index in [1.165, 1.54) is 30.3 Å². The van der Waals surface area contributed by atoms with E-state index in [9.17, 15) is 18.0 Å². The minimum atomic E-state index is -3.64. The number of hydrogen-bond acceptors (Lipinski definition) is 4. The summed E-state index contributed by atoms with van der Waals surface area (Å²) in [5, 5.41) is 11.6. The van der Waals surface area contributed by atoms with Crippen LogP contribution in [0.15, 0.2) is 53.4 Å². The number of nitrogens with one attached hydrogen (secondary N) is 2. The number of amides is 1. The molecule has 0 atom stereocenters. The molecule has 2 aromatic carbocycles. The van der Waals surface area contributed by atoms with Gasteiger partial charge in [-0.3, -0.25) is 4.79 Å². The molecule has 142 valence electrons. The van der Waals surface area contributed by atoms with Gasteiger partial charge in [-0.25, -0.2) is 17.9 Å². The van der Waals surface area contributed by atoms with Crippen molar-refractivity contribution in [3.63, 3.8) is 0 Å². The molecule has 0 heterocycles. The second kappa shape index (κ2) is 7.89. The average Bonchev–Trinajstić information content (AvgIpc) is 3.49. The number of rotatable bonds is 8. The Morgan fingerprint density at radius 3 is 2.37 bits per heavy atom. The second-order valence-electron chi connectivity index (χ2n) is 6.51. The van der Waals surface area contributed by atoms with E-state index >= 15 is 0 Å². The number of hydrogen-bond donors (Lipinski definition) is 3. The van der Waals surface area contributed by atoms with Crippen molar-refractivity contribution in [1.82, 2.24) is 10.0 Å². The minimum absolute atomic E-state index is 0.0570. The molecule has 27 heavy (non-hydrogen) atoms. The van der Waals surface area contributed by atoms with Gasteiger partial charge in [0.05, 0.1) is 10.5 Å². The minimum Gasteiger partial charge on any atom is -0.478 e. The molecule has 0 spiro atoms. The van der Waals surface area contributed by atoms with Crippen LogP contribution in [-0.4, -0.2) is 31.9 Å². The van der Waals surface area contributed by atoms with E-state index in [0.29, 0.717) is 12.5 Å². The van der Waals surface area contributed by atoms with E-state index in [1.807, 2.05) is 0 Å². The van der Waals surface area contributed by atoms with Gasteiger partial charge in [-0.15, -0.1) is 0 Å². The zero-order valence-electron chi connectivity index (χ0n) is 14.5. The Morgan fingerprint density at radius 2 is 1.74 bits per heavy atom. The highest BCUT2D eigenvalue weighted by molar-refractivity contribution is 7.89. The first-order valence-electron chi connectivity index (χ1n) is 8.55. The van der Waals surface area contributed by atoms with Crippen molar-refractivity contribution < 1.29 is 23.1 Å². The topological polar surface area (TPSA) is 113 Å². The lowest BCUT2D eigenvalue weighted by atomic mass is 10.1.